The number of nitrogens with one attached hydrogen (secondary N) is 1. The molecule has 21 heavy (non-hydrogen) atoms. The summed E-state index contributed by atoms with van der Waals surface area (Å²) in [6.45, 7) is 2.93. The van der Waals surface area contributed by atoms with Gasteiger partial charge in [-0.15, -0.1) is 11.3 Å². The Morgan fingerprint density at radius 3 is 3.05 bits per heavy atom. The highest BCUT2D eigenvalue weighted by Crippen LogP contribution is 2.25. The highest BCUT2D eigenvalue weighted by atomic mass is 32.1. The minimum atomic E-state index is -0.00122. The van der Waals surface area contributed by atoms with Gasteiger partial charge in [0.1, 0.15) is 0 Å². The molecule has 2 saturated heterocycles. The molecule has 1 aromatic heterocycles. The SMILES string of the molecule is CNC(=O)CN1CCO[C@@H]2CN(C(=O)c3cccs3)C[C@@H]21. The molecule has 0 spiro atoms. The predicted molar refractivity (Wildman–Crippen MR) is 79.4 cm³/mol. The van der Waals surface area contributed by atoms with E-state index >= 15 is 0 Å². The van der Waals surface area contributed by atoms with Crippen molar-refractivity contribution in [2.75, 3.05) is 39.8 Å². The number of hydrogen-bond donors (Lipinski definition) is 1. The van der Waals surface area contributed by atoms with Crippen LogP contribution in [-0.2, 0) is 9.53 Å². The van der Waals surface area contributed by atoms with Gasteiger partial charge in [-0.05, 0) is 11.4 Å². The molecule has 0 saturated carbocycles. The Morgan fingerprint density at radius 2 is 2.33 bits per heavy atom. The molecule has 2 atom stereocenters. The number of carbonyl (C=O) groups excluding carboxylic acids is 2. The van der Waals surface area contributed by atoms with Crippen molar-refractivity contribution in [2.24, 2.45) is 0 Å². The lowest BCUT2D eigenvalue weighted by Gasteiger charge is -2.35. The molecule has 2 fully saturated rings. The van der Waals surface area contributed by atoms with Gasteiger partial charge in [0.05, 0.1) is 30.2 Å². The number of morpholine rings is 1. The monoisotopic (exact) mass is 309 g/mol. The summed E-state index contributed by atoms with van der Waals surface area (Å²) >= 11 is 1.46. The fourth-order valence-electron chi connectivity index (χ4n) is 2.94. The summed E-state index contributed by atoms with van der Waals surface area (Å²) in [5.74, 6) is 0.0570. The van der Waals surface area contributed by atoms with Crippen LogP contribution in [0.5, 0.6) is 0 Å². The van der Waals surface area contributed by atoms with Crippen LogP contribution in [0.4, 0.5) is 0 Å². The second-order valence-electron chi connectivity index (χ2n) is 5.31. The van der Waals surface area contributed by atoms with Crippen molar-refractivity contribution >= 4 is 23.2 Å². The molecule has 3 rings (SSSR count). The summed E-state index contributed by atoms with van der Waals surface area (Å²) in [6, 6.07) is 3.84. The Hall–Kier alpha value is -1.44. The number of fused-ring (bicyclic) bond motifs is 1. The average molecular weight is 309 g/mol. The Morgan fingerprint density at radius 1 is 1.48 bits per heavy atom. The third-order valence-electron chi connectivity index (χ3n) is 4.06. The molecule has 6 nitrogen and oxygen atoms in total. The molecule has 0 radical (unpaired) electrons. The van der Waals surface area contributed by atoms with E-state index in [0.29, 0.717) is 26.2 Å². The van der Waals surface area contributed by atoms with Crippen molar-refractivity contribution < 1.29 is 14.3 Å². The predicted octanol–water partition coefficient (Wildman–Crippen LogP) is 0.0193. The van der Waals surface area contributed by atoms with Crippen molar-refractivity contribution in [3.8, 4) is 0 Å². The molecule has 2 aliphatic rings. The van der Waals surface area contributed by atoms with E-state index in [0.717, 1.165) is 11.4 Å². The number of amides is 2. The van der Waals surface area contributed by atoms with Gasteiger partial charge >= 0.3 is 0 Å². The maximum Gasteiger partial charge on any atom is 0.264 e. The van der Waals surface area contributed by atoms with Gasteiger partial charge in [-0.25, -0.2) is 0 Å². The summed E-state index contributed by atoms with van der Waals surface area (Å²) < 4.78 is 5.78. The first-order valence-corrected chi connectivity index (χ1v) is 7.96. The number of likely N-dealkylation sites (tertiary alicyclic amines) is 1. The highest BCUT2D eigenvalue weighted by molar-refractivity contribution is 7.12. The topological polar surface area (TPSA) is 61.9 Å². The van der Waals surface area contributed by atoms with Gasteiger partial charge in [-0.1, -0.05) is 6.07 Å². The lowest BCUT2D eigenvalue weighted by atomic mass is 10.1. The minimum Gasteiger partial charge on any atom is -0.373 e. The van der Waals surface area contributed by atoms with E-state index in [9.17, 15) is 9.59 Å². The van der Waals surface area contributed by atoms with Gasteiger partial charge in [0.15, 0.2) is 0 Å². The fourth-order valence-corrected chi connectivity index (χ4v) is 3.63. The van der Waals surface area contributed by atoms with Gasteiger partial charge in [0.25, 0.3) is 5.91 Å². The van der Waals surface area contributed by atoms with Gasteiger partial charge in [0.2, 0.25) is 5.91 Å². The molecule has 1 aromatic rings. The lowest BCUT2D eigenvalue weighted by molar-refractivity contribution is -0.125. The van der Waals surface area contributed by atoms with Crippen LogP contribution in [0.15, 0.2) is 17.5 Å². The molecule has 1 N–H and O–H groups in total. The van der Waals surface area contributed by atoms with Gasteiger partial charge in [-0.2, -0.15) is 0 Å². The molecule has 3 heterocycles. The smallest absolute Gasteiger partial charge is 0.264 e. The number of thiophene rings is 1. The van der Waals surface area contributed by atoms with Crippen molar-refractivity contribution in [1.29, 1.82) is 0 Å². The molecule has 0 aromatic carbocycles. The Labute approximate surface area is 127 Å². The third-order valence-corrected chi connectivity index (χ3v) is 4.92. The normalized spacial score (nSPS) is 25.7. The first-order chi connectivity index (χ1) is 10.2. The summed E-state index contributed by atoms with van der Waals surface area (Å²) in [5, 5.41) is 4.56. The van der Waals surface area contributed by atoms with Gasteiger partial charge in [-0.3, -0.25) is 14.5 Å². The maximum absolute atomic E-state index is 12.4. The first-order valence-electron chi connectivity index (χ1n) is 7.08. The van der Waals surface area contributed by atoms with Gasteiger partial charge < -0.3 is 15.0 Å². The fraction of sp³-hybridized carbons (Fsp3) is 0.571. The Bertz CT molecular complexity index is 520. The van der Waals surface area contributed by atoms with Crippen molar-refractivity contribution in [2.45, 2.75) is 12.1 Å². The zero-order valence-electron chi connectivity index (χ0n) is 11.9. The average Bonchev–Trinajstić information content (AvgIpc) is 3.16. The number of likely N-dealkylation sites (N-methyl/N-ethyl adjacent to an activating group) is 1. The van der Waals surface area contributed by atoms with Crippen molar-refractivity contribution in [3.05, 3.63) is 22.4 Å². The molecule has 0 aliphatic carbocycles. The standard InChI is InChI=1S/C14H19N3O3S/c1-15-13(18)9-16-4-5-20-11-8-17(7-10(11)16)14(19)12-3-2-6-21-12/h2-3,6,10-11H,4-5,7-9H2,1H3,(H,15,18)/t10-,11+/m0/s1. The van der Waals surface area contributed by atoms with E-state index in [1.54, 1.807) is 7.05 Å². The van der Waals surface area contributed by atoms with Crippen molar-refractivity contribution in [3.63, 3.8) is 0 Å². The van der Waals surface area contributed by atoms with E-state index in [1.165, 1.54) is 11.3 Å². The molecule has 2 amide bonds. The summed E-state index contributed by atoms with van der Waals surface area (Å²) in [6.07, 6.45) is 0.00678. The largest absolute Gasteiger partial charge is 0.373 e. The van der Waals surface area contributed by atoms with E-state index in [1.807, 2.05) is 22.4 Å². The molecule has 7 heteroatoms. The van der Waals surface area contributed by atoms with E-state index in [2.05, 4.69) is 10.2 Å². The van der Waals surface area contributed by atoms with Crippen LogP contribution in [0.3, 0.4) is 0 Å². The third kappa shape index (κ3) is 2.95. The van der Waals surface area contributed by atoms with Gasteiger partial charge in [0, 0.05) is 26.7 Å². The second kappa shape index (κ2) is 6.13. The second-order valence-corrected chi connectivity index (χ2v) is 6.26. The number of nitrogens with zero attached hydrogens (tertiary/aromatic N) is 2. The lowest BCUT2D eigenvalue weighted by Crippen LogP contribution is -2.53. The van der Waals surface area contributed by atoms with Crippen LogP contribution in [0, 0.1) is 0 Å². The molecule has 0 unspecified atom stereocenters. The van der Waals surface area contributed by atoms with Crippen LogP contribution in [-0.4, -0.2) is 73.6 Å². The number of hydrogen-bond acceptors (Lipinski definition) is 5. The van der Waals surface area contributed by atoms with E-state index in [-0.39, 0.29) is 24.0 Å². The number of rotatable bonds is 3. The molecule has 2 aliphatic heterocycles. The van der Waals surface area contributed by atoms with Crippen LogP contribution >= 0.6 is 11.3 Å². The zero-order valence-corrected chi connectivity index (χ0v) is 12.8. The molecule has 0 bridgehead atoms. The maximum atomic E-state index is 12.4. The summed E-state index contributed by atoms with van der Waals surface area (Å²) in [5.41, 5.74) is 0. The zero-order chi connectivity index (χ0) is 14.8. The Kier molecular flexibility index (Phi) is 4.23. The van der Waals surface area contributed by atoms with Crippen LogP contribution in [0.2, 0.25) is 0 Å². The first kappa shape index (κ1) is 14.5. The van der Waals surface area contributed by atoms with E-state index < -0.39 is 0 Å². The summed E-state index contributed by atoms with van der Waals surface area (Å²) in [4.78, 5) is 28.7. The quantitative estimate of drug-likeness (QED) is 0.855. The molecule has 114 valence electrons. The highest BCUT2D eigenvalue weighted by Gasteiger charge is 2.42. The van der Waals surface area contributed by atoms with Crippen LogP contribution < -0.4 is 5.32 Å². The number of ether oxygens (including phenoxy) is 1. The van der Waals surface area contributed by atoms with E-state index in [4.69, 9.17) is 4.74 Å². The minimum absolute atomic E-state index is 0.00122. The molecular formula is C14H19N3O3S. The van der Waals surface area contributed by atoms with Crippen molar-refractivity contribution in [1.82, 2.24) is 15.1 Å². The van der Waals surface area contributed by atoms with Crippen LogP contribution in [0.25, 0.3) is 0 Å². The van der Waals surface area contributed by atoms with Crippen LogP contribution in [0.1, 0.15) is 9.67 Å². The molecular weight excluding hydrogens is 290 g/mol. The Balaban J connectivity index is 1.68. The number of carbonyl (C=O) groups is 2. The summed E-state index contributed by atoms with van der Waals surface area (Å²) in [7, 11) is 1.64.